The van der Waals surface area contributed by atoms with E-state index < -0.39 is 0 Å². The number of aromatic nitrogens is 1. The lowest BCUT2D eigenvalue weighted by molar-refractivity contribution is 0.167. The summed E-state index contributed by atoms with van der Waals surface area (Å²) in [5.41, 5.74) is 0.899. The van der Waals surface area contributed by atoms with E-state index in [9.17, 15) is 0 Å². The van der Waals surface area contributed by atoms with Crippen LogP contribution in [0, 0.1) is 6.92 Å². The first-order chi connectivity index (χ1) is 10.1. The molecule has 6 heteroatoms. The molecule has 2 heterocycles. The number of likely N-dealkylation sites (tertiary alicyclic amines) is 1. The van der Waals surface area contributed by atoms with Crippen molar-refractivity contribution >= 4 is 5.96 Å². The van der Waals surface area contributed by atoms with Gasteiger partial charge in [-0.1, -0.05) is 5.16 Å². The maximum atomic E-state index is 5.19. The fraction of sp³-hybridized carbons (Fsp3) is 0.733. The molecule has 0 saturated carbocycles. The first kappa shape index (κ1) is 15.8. The van der Waals surface area contributed by atoms with Gasteiger partial charge in [-0.3, -0.25) is 4.99 Å². The summed E-state index contributed by atoms with van der Waals surface area (Å²) < 4.78 is 5.19. The molecule has 0 atom stereocenters. The van der Waals surface area contributed by atoms with Crippen molar-refractivity contribution in [2.24, 2.45) is 4.99 Å². The molecule has 0 aliphatic carbocycles. The minimum atomic E-state index is 0.489. The lowest BCUT2D eigenvalue weighted by atomic mass is 10.0. The molecule has 1 aromatic heterocycles. The van der Waals surface area contributed by atoms with Crippen molar-refractivity contribution in [3.05, 3.63) is 17.5 Å². The van der Waals surface area contributed by atoms with Crippen molar-refractivity contribution in [2.75, 3.05) is 20.1 Å². The number of hydrogen-bond donors (Lipinski definition) is 2. The van der Waals surface area contributed by atoms with E-state index in [0.717, 1.165) is 43.3 Å². The quantitative estimate of drug-likeness (QED) is 0.651. The molecule has 0 unspecified atom stereocenters. The van der Waals surface area contributed by atoms with Crippen LogP contribution in [0.25, 0.3) is 0 Å². The molecular formula is C15H27N5O. The molecule has 1 fully saturated rings. The van der Waals surface area contributed by atoms with Crippen molar-refractivity contribution in [3.8, 4) is 0 Å². The molecular weight excluding hydrogens is 266 g/mol. The van der Waals surface area contributed by atoms with Crippen LogP contribution in [0.5, 0.6) is 0 Å². The van der Waals surface area contributed by atoms with Crippen LogP contribution >= 0.6 is 0 Å². The molecule has 6 nitrogen and oxygen atoms in total. The Morgan fingerprint density at radius 3 is 2.71 bits per heavy atom. The van der Waals surface area contributed by atoms with Crippen molar-refractivity contribution in [3.63, 3.8) is 0 Å². The molecule has 1 saturated heterocycles. The molecule has 0 bridgehead atoms. The largest absolute Gasteiger partial charge is 0.359 e. The third-order valence-corrected chi connectivity index (χ3v) is 3.93. The van der Waals surface area contributed by atoms with Gasteiger partial charge in [-0.05, 0) is 33.6 Å². The predicted octanol–water partition coefficient (Wildman–Crippen LogP) is 1.52. The lowest BCUT2D eigenvalue weighted by Crippen LogP contribution is -2.49. The summed E-state index contributed by atoms with van der Waals surface area (Å²) in [7, 11) is 1.80. The molecule has 0 radical (unpaired) electrons. The van der Waals surface area contributed by atoms with Gasteiger partial charge in [-0.25, -0.2) is 0 Å². The minimum absolute atomic E-state index is 0.489. The maximum Gasteiger partial charge on any atom is 0.191 e. The molecule has 118 valence electrons. The van der Waals surface area contributed by atoms with E-state index in [1.807, 2.05) is 13.0 Å². The van der Waals surface area contributed by atoms with E-state index in [1.165, 1.54) is 0 Å². The summed E-state index contributed by atoms with van der Waals surface area (Å²) in [5, 5.41) is 10.6. The topological polar surface area (TPSA) is 65.7 Å². The van der Waals surface area contributed by atoms with Crippen LogP contribution in [-0.4, -0.2) is 48.2 Å². The number of hydrogen-bond acceptors (Lipinski definition) is 4. The molecule has 0 aromatic carbocycles. The van der Waals surface area contributed by atoms with Crippen LogP contribution < -0.4 is 10.6 Å². The number of piperidine rings is 1. The summed E-state index contributed by atoms with van der Waals surface area (Å²) in [6, 6.07) is 3.06. The van der Waals surface area contributed by atoms with E-state index in [4.69, 9.17) is 4.52 Å². The molecule has 2 rings (SSSR count). The van der Waals surface area contributed by atoms with Crippen LogP contribution in [0.15, 0.2) is 15.6 Å². The molecule has 1 aliphatic rings. The highest BCUT2D eigenvalue weighted by atomic mass is 16.5. The highest BCUT2D eigenvalue weighted by Crippen LogP contribution is 2.12. The monoisotopic (exact) mass is 293 g/mol. The van der Waals surface area contributed by atoms with Gasteiger partial charge in [-0.15, -0.1) is 0 Å². The summed E-state index contributed by atoms with van der Waals surface area (Å²) >= 11 is 0. The van der Waals surface area contributed by atoms with Gasteiger partial charge in [0.15, 0.2) is 11.7 Å². The van der Waals surface area contributed by atoms with E-state index >= 15 is 0 Å². The molecule has 0 spiro atoms. The third kappa shape index (κ3) is 4.74. The zero-order valence-corrected chi connectivity index (χ0v) is 13.5. The standard InChI is InChI=1S/C15H27N5O/c1-11(2)20-7-5-13(6-8-20)18-15(16-4)17-10-14-9-12(3)19-21-14/h9,11,13H,5-8,10H2,1-4H3,(H2,16,17,18). The van der Waals surface area contributed by atoms with E-state index in [-0.39, 0.29) is 0 Å². The van der Waals surface area contributed by atoms with Gasteiger partial charge in [0.1, 0.15) is 0 Å². The van der Waals surface area contributed by atoms with E-state index in [0.29, 0.717) is 18.6 Å². The Kier molecular flexibility index (Phi) is 5.61. The van der Waals surface area contributed by atoms with E-state index in [1.54, 1.807) is 7.05 Å². The van der Waals surface area contributed by atoms with Gasteiger partial charge in [0.05, 0.1) is 12.2 Å². The Balaban J connectivity index is 1.75. The smallest absolute Gasteiger partial charge is 0.191 e. The van der Waals surface area contributed by atoms with Gasteiger partial charge in [0.2, 0.25) is 0 Å². The number of nitrogens with one attached hydrogen (secondary N) is 2. The normalized spacial score (nSPS) is 18.2. The number of nitrogens with zero attached hydrogens (tertiary/aromatic N) is 3. The van der Waals surface area contributed by atoms with Crippen LogP contribution in [0.1, 0.15) is 38.1 Å². The second-order valence-corrected chi connectivity index (χ2v) is 5.91. The van der Waals surface area contributed by atoms with Gasteiger partial charge in [0.25, 0.3) is 0 Å². The summed E-state index contributed by atoms with van der Waals surface area (Å²) in [5.74, 6) is 1.65. The number of aryl methyl sites for hydroxylation is 1. The zero-order valence-electron chi connectivity index (χ0n) is 13.5. The van der Waals surface area contributed by atoms with Crippen molar-refractivity contribution in [1.29, 1.82) is 0 Å². The maximum absolute atomic E-state index is 5.19. The fourth-order valence-electron chi connectivity index (χ4n) is 2.62. The Morgan fingerprint density at radius 2 is 2.19 bits per heavy atom. The minimum Gasteiger partial charge on any atom is -0.359 e. The molecule has 2 N–H and O–H groups in total. The summed E-state index contributed by atoms with van der Waals surface area (Å²) in [6.45, 7) is 9.33. The molecule has 1 aromatic rings. The first-order valence-corrected chi connectivity index (χ1v) is 7.72. The Labute approximate surface area is 127 Å². The van der Waals surface area contributed by atoms with Gasteiger partial charge in [0, 0.05) is 38.3 Å². The Hall–Kier alpha value is -1.56. The summed E-state index contributed by atoms with van der Waals surface area (Å²) in [4.78, 5) is 6.80. The van der Waals surface area contributed by atoms with Crippen LogP contribution in [0.4, 0.5) is 0 Å². The third-order valence-electron chi connectivity index (χ3n) is 3.93. The summed E-state index contributed by atoms with van der Waals surface area (Å²) in [6.07, 6.45) is 2.31. The second-order valence-electron chi connectivity index (χ2n) is 5.91. The Morgan fingerprint density at radius 1 is 1.48 bits per heavy atom. The fourth-order valence-corrected chi connectivity index (χ4v) is 2.62. The average Bonchev–Trinajstić information content (AvgIpc) is 2.89. The van der Waals surface area contributed by atoms with Gasteiger partial charge >= 0.3 is 0 Å². The lowest BCUT2D eigenvalue weighted by Gasteiger charge is -2.35. The highest BCUT2D eigenvalue weighted by Gasteiger charge is 2.21. The van der Waals surface area contributed by atoms with Crippen LogP contribution in [0.3, 0.4) is 0 Å². The zero-order chi connectivity index (χ0) is 15.2. The van der Waals surface area contributed by atoms with Gasteiger partial charge < -0.3 is 20.1 Å². The highest BCUT2D eigenvalue weighted by molar-refractivity contribution is 5.79. The van der Waals surface area contributed by atoms with Gasteiger partial charge in [-0.2, -0.15) is 0 Å². The van der Waals surface area contributed by atoms with Crippen LogP contribution in [0.2, 0.25) is 0 Å². The molecule has 1 aliphatic heterocycles. The Bertz CT molecular complexity index is 460. The second kappa shape index (κ2) is 7.45. The number of rotatable bonds is 4. The number of guanidine groups is 1. The van der Waals surface area contributed by atoms with Crippen molar-refractivity contribution < 1.29 is 4.52 Å². The SMILES string of the molecule is CN=C(NCc1cc(C)no1)NC1CCN(C(C)C)CC1. The van der Waals surface area contributed by atoms with Crippen molar-refractivity contribution in [1.82, 2.24) is 20.7 Å². The molecule has 21 heavy (non-hydrogen) atoms. The average molecular weight is 293 g/mol. The number of aliphatic imine (C=N–C) groups is 1. The van der Waals surface area contributed by atoms with Crippen LogP contribution in [-0.2, 0) is 6.54 Å². The van der Waals surface area contributed by atoms with E-state index in [2.05, 4.69) is 39.5 Å². The molecule has 0 amide bonds. The first-order valence-electron chi connectivity index (χ1n) is 7.72. The van der Waals surface area contributed by atoms with Crippen molar-refractivity contribution in [2.45, 2.75) is 52.2 Å². The predicted molar refractivity (Wildman–Crippen MR) is 84.3 cm³/mol.